The maximum Gasteiger partial charge on any atom is 0.174 e. The monoisotopic (exact) mass is 276 g/mol. The van der Waals surface area contributed by atoms with Crippen molar-refractivity contribution in [2.75, 3.05) is 26.9 Å². The lowest BCUT2D eigenvalue weighted by molar-refractivity contribution is 0.150. The molecule has 0 fully saturated rings. The van der Waals surface area contributed by atoms with Gasteiger partial charge in [0, 0.05) is 26.8 Å². The van der Waals surface area contributed by atoms with Crippen LogP contribution in [0.5, 0.6) is 5.75 Å². The molecule has 0 saturated carbocycles. The number of nitrogens with one attached hydrogen (secondary N) is 1. The van der Waals surface area contributed by atoms with Crippen LogP contribution in [0.1, 0.15) is 25.8 Å². The fourth-order valence-corrected chi connectivity index (χ4v) is 1.87. The van der Waals surface area contributed by atoms with Gasteiger partial charge in [0.1, 0.15) is 11.8 Å². The first-order chi connectivity index (χ1) is 9.57. The van der Waals surface area contributed by atoms with Crippen molar-refractivity contribution >= 4 is 0 Å². The molecule has 0 amide bonds. The van der Waals surface area contributed by atoms with Crippen molar-refractivity contribution in [3.63, 3.8) is 0 Å². The Hall–Kier alpha value is -1.57. The van der Waals surface area contributed by atoms with Crippen LogP contribution in [-0.4, -0.2) is 26.9 Å². The van der Waals surface area contributed by atoms with Gasteiger partial charge < -0.3 is 14.8 Å². The second kappa shape index (κ2) is 8.57. The largest absolute Gasteiger partial charge is 0.479 e. The fraction of sp³-hybridized carbons (Fsp3) is 0.562. The third-order valence-corrected chi connectivity index (χ3v) is 3.12. The SMILES string of the molecule is COCCC(C)(C)CNCc1cccc(OCC#N)c1. The predicted octanol–water partition coefficient (Wildman–Crippen LogP) is 2.74. The van der Waals surface area contributed by atoms with E-state index in [2.05, 4.69) is 19.2 Å². The molecule has 1 rings (SSSR count). The molecule has 4 heteroatoms. The lowest BCUT2D eigenvalue weighted by Gasteiger charge is -2.24. The Morgan fingerprint density at radius 2 is 2.15 bits per heavy atom. The molecule has 4 nitrogen and oxygen atoms in total. The van der Waals surface area contributed by atoms with Crippen LogP contribution in [0.2, 0.25) is 0 Å². The standard InChI is InChI=1S/C16H24N2O2/c1-16(2,7-9-19-3)13-18-12-14-5-4-6-15(11-14)20-10-8-17/h4-6,11,18H,7,9-10,12-13H2,1-3H3. The van der Waals surface area contributed by atoms with Gasteiger partial charge in [0.2, 0.25) is 0 Å². The summed E-state index contributed by atoms with van der Waals surface area (Å²) < 4.78 is 10.4. The van der Waals surface area contributed by atoms with Gasteiger partial charge in [-0.1, -0.05) is 26.0 Å². The van der Waals surface area contributed by atoms with E-state index in [9.17, 15) is 0 Å². The molecule has 0 radical (unpaired) electrons. The van der Waals surface area contributed by atoms with Crippen molar-refractivity contribution in [1.29, 1.82) is 5.26 Å². The van der Waals surface area contributed by atoms with Crippen molar-refractivity contribution in [1.82, 2.24) is 5.32 Å². The highest BCUT2D eigenvalue weighted by molar-refractivity contribution is 5.28. The minimum atomic E-state index is 0.0843. The van der Waals surface area contributed by atoms with Crippen LogP contribution >= 0.6 is 0 Å². The second-order valence-electron chi connectivity index (χ2n) is 5.60. The Bertz CT molecular complexity index is 438. The summed E-state index contributed by atoms with van der Waals surface area (Å²) in [6.45, 7) is 7.05. The Morgan fingerprint density at radius 1 is 1.35 bits per heavy atom. The van der Waals surface area contributed by atoms with Gasteiger partial charge in [0.25, 0.3) is 0 Å². The molecule has 1 aromatic carbocycles. The first-order valence-electron chi connectivity index (χ1n) is 6.86. The van der Waals surface area contributed by atoms with E-state index in [1.807, 2.05) is 30.3 Å². The van der Waals surface area contributed by atoms with Crippen LogP contribution in [-0.2, 0) is 11.3 Å². The third kappa shape index (κ3) is 6.55. The quantitative estimate of drug-likeness (QED) is 0.753. The Balaban J connectivity index is 2.40. The van der Waals surface area contributed by atoms with Gasteiger partial charge in [0.05, 0.1) is 0 Å². The minimum Gasteiger partial charge on any atom is -0.479 e. The van der Waals surface area contributed by atoms with E-state index in [1.165, 1.54) is 0 Å². The fourth-order valence-electron chi connectivity index (χ4n) is 1.87. The highest BCUT2D eigenvalue weighted by atomic mass is 16.5. The molecule has 110 valence electrons. The molecule has 0 atom stereocenters. The highest BCUT2D eigenvalue weighted by Crippen LogP contribution is 2.19. The summed E-state index contributed by atoms with van der Waals surface area (Å²) in [5.74, 6) is 0.740. The molecule has 0 aliphatic heterocycles. The first kappa shape index (κ1) is 16.5. The van der Waals surface area contributed by atoms with Crippen molar-refractivity contribution in [3.05, 3.63) is 29.8 Å². The summed E-state index contributed by atoms with van der Waals surface area (Å²) >= 11 is 0. The summed E-state index contributed by atoms with van der Waals surface area (Å²) in [4.78, 5) is 0. The average Bonchev–Trinajstić information content (AvgIpc) is 2.43. The predicted molar refractivity (Wildman–Crippen MR) is 79.5 cm³/mol. The zero-order valence-corrected chi connectivity index (χ0v) is 12.6. The molecule has 0 unspecified atom stereocenters. The summed E-state index contributed by atoms with van der Waals surface area (Å²) in [6.07, 6.45) is 1.03. The number of benzene rings is 1. The average molecular weight is 276 g/mol. The Kier molecular flexibility index (Phi) is 7.06. The number of nitriles is 1. The van der Waals surface area contributed by atoms with Gasteiger partial charge in [-0.25, -0.2) is 0 Å². The number of methoxy groups -OCH3 is 1. The molecule has 0 bridgehead atoms. The molecule has 1 aromatic rings. The van der Waals surface area contributed by atoms with E-state index < -0.39 is 0 Å². The van der Waals surface area contributed by atoms with E-state index in [4.69, 9.17) is 14.7 Å². The van der Waals surface area contributed by atoms with Gasteiger partial charge in [-0.3, -0.25) is 0 Å². The first-order valence-corrected chi connectivity index (χ1v) is 6.86. The van der Waals surface area contributed by atoms with Crippen LogP contribution < -0.4 is 10.1 Å². The van der Waals surface area contributed by atoms with Crippen LogP contribution in [0.25, 0.3) is 0 Å². The van der Waals surface area contributed by atoms with Gasteiger partial charge in [-0.2, -0.15) is 5.26 Å². The molecule has 0 saturated heterocycles. The van der Waals surface area contributed by atoms with E-state index in [0.717, 1.165) is 37.4 Å². The molecular weight excluding hydrogens is 252 g/mol. The maximum atomic E-state index is 8.50. The molecule has 0 aromatic heterocycles. The molecular formula is C16H24N2O2. The second-order valence-corrected chi connectivity index (χ2v) is 5.60. The molecule has 0 spiro atoms. The smallest absolute Gasteiger partial charge is 0.174 e. The summed E-state index contributed by atoms with van der Waals surface area (Å²) in [5, 5.41) is 12.0. The lowest BCUT2D eigenvalue weighted by Crippen LogP contribution is -2.30. The van der Waals surface area contributed by atoms with Gasteiger partial charge >= 0.3 is 0 Å². The van der Waals surface area contributed by atoms with Gasteiger partial charge in [-0.05, 0) is 29.5 Å². The summed E-state index contributed by atoms with van der Waals surface area (Å²) in [5.41, 5.74) is 1.37. The zero-order chi connectivity index (χ0) is 14.8. The minimum absolute atomic E-state index is 0.0843. The van der Waals surface area contributed by atoms with Gasteiger partial charge in [-0.15, -0.1) is 0 Å². The topological polar surface area (TPSA) is 54.3 Å². The number of hydrogen-bond donors (Lipinski definition) is 1. The molecule has 0 aliphatic carbocycles. The lowest BCUT2D eigenvalue weighted by atomic mass is 9.89. The molecule has 20 heavy (non-hydrogen) atoms. The van der Waals surface area contributed by atoms with Crippen molar-refractivity contribution in [2.45, 2.75) is 26.8 Å². The number of hydrogen-bond acceptors (Lipinski definition) is 4. The number of nitrogens with zero attached hydrogens (tertiary/aromatic N) is 1. The van der Waals surface area contributed by atoms with E-state index in [0.29, 0.717) is 0 Å². The van der Waals surface area contributed by atoms with E-state index in [-0.39, 0.29) is 12.0 Å². The van der Waals surface area contributed by atoms with E-state index >= 15 is 0 Å². The molecule has 0 aliphatic rings. The van der Waals surface area contributed by atoms with Crippen molar-refractivity contribution in [3.8, 4) is 11.8 Å². The third-order valence-electron chi connectivity index (χ3n) is 3.12. The van der Waals surface area contributed by atoms with Crippen LogP contribution in [0.15, 0.2) is 24.3 Å². The normalized spacial score (nSPS) is 11.1. The van der Waals surface area contributed by atoms with Gasteiger partial charge in [0.15, 0.2) is 6.61 Å². The molecule has 0 heterocycles. The van der Waals surface area contributed by atoms with Crippen LogP contribution in [0.3, 0.4) is 0 Å². The number of ether oxygens (including phenoxy) is 2. The summed E-state index contributed by atoms with van der Waals surface area (Å²) in [7, 11) is 1.73. The van der Waals surface area contributed by atoms with E-state index in [1.54, 1.807) is 7.11 Å². The Labute approximate surface area is 121 Å². The number of rotatable bonds is 9. The van der Waals surface area contributed by atoms with Crippen LogP contribution in [0.4, 0.5) is 0 Å². The molecule has 1 N–H and O–H groups in total. The van der Waals surface area contributed by atoms with Crippen molar-refractivity contribution in [2.24, 2.45) is 5.41 Å². The summed E-state index contributed by atoms with van der Waals surface area (Å²) in [6, 6.07) is 9.79. The zero-order valence-electron chi connectivity index (χ0n) is 12.6. The van der Waals surface area contributed by atoms with Crippen LogP contribution in [0, 0.1) is 16.7 Å². The Morgan fingerprint density at radius 3 is 2.85 bits per heavy atom. The maximum absolute atomic E-state index is 8.50. The highest BCUT2D eigenvalue weighted by Gasteiger charge is 2.16. The van der Waals surface area contributed by atoms with Crippen molar-refractivity contribution < 1.29 is 9.47 Å².